The van der Waals surface area contributed by atoms with E-state index in [2.05, 4.69) is 4.57 Å². The second-order valence-electron chi connectivity index (χ2n) is 6.09. The van der Waals surface area contributed by atoms with Crippen LogP contribution in [0.1, 0.15) is 28.5 Å². The normalized spacial score (nSPS) is 10.7. The summed E-state index contributed by atoms with van der Waals surface area (Å²) in [7, 11) is 1.64. The Morgan fingerprint density at radius 1 is 1.16 bits per heavy atom. The number of hydrogen-bond donors (Lipinski definition) is 1. The van der Waals surface area contributed by atoms with Crippen LogP contribution < -0.4 is 4.74 Å². The fraction of sp³-hybridized carbons (Fsp3) is 0.190. The van der Waals surface area contributed by atoms with Crippen LogP contribution >= 0.6 is 0 Å². The summed E-state index contributed by atoms with van der Waals surface area (Å²) in [4.78, 5) is 12.2. The second kappa shape index (κ2) is 6.85. The Morgan fingerprint density at radius 2 is 1.88 bits per heavy atom. The van der Waals surface area contributed by atoms with Gasteiger partial charge in [-0.15, -0.1) is 0 Å². The van der Waals surface area contributed by atoms with Crippen molar-refractivity contribution in [2.24, 2.45) is 0 Å². The molecule has 1 N–H and O–H groups in total. The first kappa shape index (κ1) is 16.8. The molecule has 3 aromatic rings. The molecule has 0 aliphatic carbocycles. The monoisotopic (exact) mass is 335 g/mol. The summed E-state index contributed by atoms with van der Waals surface area (Å²) in [6, 6.07) is 14.9. The van der Waals surface area contributed by atoms with Crippen LogP contribution in [0.2, 0.25) is 0 Å². The first-order valence-electron chi connectivity index (χ1n) is 8.12. The number of nitrogens with zero attached hydrogens (tertiary/aromatic N) is 1. The van der Waals surface area contributed by atoms with E-state index in [-0.39, 0.29) is 11.5 Å². The molecule has 3 rings (SSSR count). The van der Waals surface area contributed by atoms with Crippen molar-refractivity contribution in [2.45, 2.75) is 20.4 Å². The molecule has 0 aliphatic heterocycles. The summed E-state index contributed by atoms with van der Waals surface area (Å²) in [5.41, 5.74) is 4.41. The SMILES string of the molecule is COc1ccc(Cn2cc(-c3cccc(O)c3)c(C(C)=O)c2C)cc1. The Morgan fingerprint density at radius 3 is 2.48 bits per heavy atom. The van der Waals surface area contributed by atoms with Crippen molar-refractivity contribution in [2.75, 3.05) is 7.11 Å². The van der Waals surface area contributed by atoms with E-state index in [1.165, 1.54) is 0 Å². The average Bonchev–Trinajstić information content (AvgIpc) is 2.92. The molecule has 4 heteroatoms. The summed E-state index contributed by atoms with van der Waals surface area (Å²) in [6.07, 6.45) is 1.98. The Hall–Kier alpha value is -3.01. The highest BCUT2D eigenvalue weighted by Crippen LogP contribution is 2.31. The average molecular weight is 335 g/mol. The van der Waals surface area contributed by atoms with Gasteiger partial charge in [-0.2, -0.15) is 0 Å². The number of Topliss-reactive ketones (excluding diaryl/α,β-unsaturated/α-hetero) is 1. The van der Waals surface area contributed by atoms with E-state index in [9.17, 15) is 9.90 Å². The maximum Gasteiger partial charge on any atom is 0.162 e. The van der Waals surface area contributed by atoms with Gasteiger partial charge in [0.1, 0.15) is 11.5 Å². The van der Waals surface area contributed by atoms with Gasteiger partial charge in [0.2, 0.25) is 0 Å². The highest BCUT2D eigenvalue weighted by atomic mass is 16.5. The van der Waals surface area contributed by atoms with Gasteiger partial charge in [-0.25, -0.2) is 0 Å². The molecule has 0 atom stereocenters. The van der Waals surface area contributed by atoms with E-state index < -0.39 is 0 Å². The third kappa shape index (κ3) is 3.43. The number of benzene rings is 2. The van der Waals surface area contributed by atoms with Gasteiger partial charge in [0, 0.05) is 29.6 Å². The molecule has 0 aliphatic rings. The van der Waals surface area contributed by atoms with Gasteiger partial charge in [-0.05, 0) is 49.2 Å². The van der Waals surface area contributed by atoms with E-state index in [0.29, 0.717) is 12.1 Å². The molecular weight excluding hydrogens is 314 g/mol. The largest absolute Gasteiger partial charge is 0.508 e. The number of rotatable bonds is 5. The minimum Gasteiger partial charge on any atom is -0.508 e. The topological polar surface area (TPSA) is 51.5 Å². The quantitative estimate of drug-likeness (QED) is 0.702. The Balaban J connectivity index is 2.03. The predicted molar refractivity (Wildman–Crippen MR) is 98.4 cm³/mol. The number of aromatic nitrogens is 1. The van der Waals surface area contributed by atoms with Gasteiger partial charge in [-0.3, -0.25) is 4.79 Å². The van der Waals surface area contributed by atoms with Gasteiger partial charge >= 0.3 is 0 Å². The van der Waals surface area contributed by atoms with Crippen molar-refractivity contribution in [3.05, 3.63) is 71.5 Å². The third-order valence-corrected chi connectivity index (χ3v) is 4.37. The summed E-state index contributed by atoms with van der Waals surface area (Å²) >= 11 is 0. The molecule has 4 nitrogen and oxygen atoms in total. The van der Waals surface area contributed by atoms with E-state index in [1.807, 2.05) is 43.5 Å². The number of phenols is 1. The molecule has 0 saturated heterocycles. The van der Waals surface area contributed by atoms with Crippen LogP contribution in [0.25, 0.3) is 11.1 Å². The summed E-state index contributed by atoms with van der Waals surface area (Å²) < 4.78 is 7.26. The van der Waals surface area contributed by atoms with Crippen molar-refractivity contribution >= 4 is 5.78 Å². The molecule has 1 heterocycles. The first-order valence-corrected chi connectivity index (χ1v) is 8.12. The number of phenolic OH excluding ortho intramolecular Hbond substituents is 1. The van der Waals surface area contributed by atoms with Gasteiger partial charge in [0.15, 0.2) is 5.78 Å². The molecule has 0 radical (unpaired) electrons. The maximum absolute atomic E-state index is 12.2. The number of methoxy groups -OCH3 is 1. The molecule has 25 heavy (non-hydrogen) atoms. The second-order valence-corrected chi connectivity index (χ2v) is 6.09. The van der Waals surface area contributed by atoms with Crippen LogP contribution in [0, 0.1) is 6.92 Å². The first-order chi connectivity index (χ1) is 12.0. The number of ketones is 1. The molecule has 0 saturated carbocycles. The minimum atomic E-state index is 0.0179. The number of ether oxygens (including phenoxy) is 1. The van der Waals surface area contributed by atoms with E-state index in [4.69, 9.17) is 4.74 Å². The standard InChI is InChI=1S/C21H21NO3/c1-14-21(15(2)23)20(17-5-4-6-18(24)11-17)13-22(14)12-16-7-9-19(25-3)10-8-16/h4-11,13,24H,12H2,1-3H3. The lowest BCUT2D eigenvalue weighted by molar-refractivity contribution is 0.101. The van der Waals surface area contributed by atoms with Crippen molar-refractivity contribution in [3.63, 3.8) is 0 Å². The lowest BCUT2D eigenvalue weighted by Crippen LogP contribution is -2.03. The molecule has 0 spiro atoms. The number of hydrogen-bond acceptors (Lipinski definition) is 3. The van der Waals surface area contributed by atoms with Gasteiger partial charge < -0.3 is 14.4 Å². The Labute approximate surface area is 147 Å². The predicted octanol–water partition coefficient (Wildman–Crippen LogP) is 4.43. The van der Waals surface area contributed by atoms with Gasteiger partial charge in [0.05, 0.1) is 7.11 Å². The minimum absolute atomic E-state index is 0.0179. The van der Waals surface area contributed by atoms with E-state index >= 15 is 0 Å². The van der Waals surface area contributed by atoms with Crippen molar-refractivity contribution < 1.29 is 14.6 Å². The molecule has 0 unspecified atom stereocenters. The molecule has 0 bridgehead atoms. The zero-order chi connectivity index (χ0) is 18.0. The summed E-state index contributed by atoms with van der Waals surface area (Å²) in [6.45, 7) is 4.19. The highest BCUT2D eigenvalue weighted by Gasteiger charge is 2.18. The lowest BCUT2D eigenvalue weighted by Gasteiger charge is -2.08. The van der Waals surface area contributed by atoms with Crippen LogP contribution in [-0.4, -0.2) is 22.6 Å². The Bertz CT molecular complexity index is 907. The zero-order valence-electron chi connectivity index (χ0n) is 14.6. The number of carbonyl (C=O) groups is 1. The maximum atomic E-state index is 12.2. The van der Waals surface area contributed by atoms with Gasteiger partial charge in [0.25, 0.3) is 0 Å². The van der Waals surface area contributed by atoms with Crippen molar-refractivity contribution in [1.29, 1.82) is 0 Å². The lowest BCUT2D eigenvalue weighted by atomic mass is 10.0. The Kier molecular flexibility index (Phi) is 4.61. The number of aromatic hydroxyl groups is 1. The summed E-state index contributed by atoms with van der Waals surface area (Å²) in [5.74, 6) is 1.02. The van der Waals surface area contributed by atoms with Crippen LogP contribution in [0.15, 0.2) is 54.7 Å². The van der Waals surface area contributed by atoms with E-state index in [0.717, 1.165) is 28.1 Å². The third-order valence-electron chi connectivity index (χ3n) is 4.37. The molecule has 0 amide bonds. The van der Waals surface area contributed by atoms with Crippen LogP contribution in [-0.2, 0) is 6.54 Å². The fourth-order valence-corrected chi connectivity index (χ4v) is 3.08. The van der Waals surface area contributed by atoms with Crippen molar-refractivity contribution in [1.82, 2.24) is 4.57 Å². The molecule has 2 aromatic carbocycles. The van der Waals surface area contributed by atoms with Crippen LogP contribution in [0.5, 0.6) is 11.5 Å². The molecular formula is C21H21NO3. The van der Waals surface area contributed by atoms with Crippen molar-refractivity contribution in [3.8, 4) is 22.6 Å². The fourth-order valence-electron chi connectivity index (χ4n) is 3.08. The highest BCUT2D eigenvalue weighted by molar-refractivity contribution is 6.02. The zero-order valence-corrected chi connectivity index (χ0v) is 14.6. The molecule has 1 aromatic heterocycles. The van der Waals surface area contributed by atoms with Crippen LogP contribution in [0.4, 0.5) is 0 Å². The van der Waals surface area contributed by atoms with E-state index in [1.54, 1.807) is 32.2 Å². The smallest absolute Gasteiger partial charge is 0.162 e. The van der Waals surface area contributed by atoms with Gasteiger partial charge in [-0.1, -0.05) is 24.3 Å². The number of carbonyl (C=O) groups excluding carboxylic acids is 1. The van der Waals surface area contributed by atoms with Crippen LogP contribution in [0.3, 0.4) is 0 Å². The molecule has 128 valence electrons. The molecule has 0 fully saturated rings. The summed E-state index contributed by atoms with van der Waals surface area (Å²) in [5, 5.41) is 9.76.